The molecule has 0 radical (unpaired) electrons. The van der Waals surface area contributed by atoms with Gasteiger partial charge in [-0.3, -0.25) is 4.79 Å². The number of carbonyl (C=O) groups excluding carboxylic acids is 1. The minimum Gasteiger partial charge on any atom is -0.349 e. The van der Waals surface area contributed by atoms with Gasteiger partial charge in [-0.25, -0.2) is 4.98 Å². The Labute approximate surface area is 151 Å². The largest absolute Gasteiger partial charge is 0.349 e. The Morgan fingerprint density at radius 3 is 2.75 bits per heavy atom. The van der Waals surface area contributed by atoms with Crippen LogP contribution in [0.1, 0.15) is 36.0 Å². The third-order valence-corrected chi connectivity index (χ3v) is 7.01. The van der Waals surface area contributed by atoms with E-state index in [0.717, 1.165) is 47.8 Å². The normalized spacial score (nSPS) is 21.2. The van der Waals surface area contributed by atoms with Gasteiger partial charge in [0.05, 0.1) is 15.7 Å². The molecule has 24 heavy (non-hydrogen) atoms. The number of piperidine rings is 1. The fourth-order valence-electron chi connectivity index (χ4n) is 3.72. The predicted octanol–water partition coefficient (Wildman–Crippen LogP) is 3.39. The van der Waals surface area contributed by atoms with Gasteiger partial charge in [0.25, 0.3) is 5.91 Å². The molecule has 4 rings (SSSR count). The van der Waals surface area contributed by atoms with Crippen LogP contribution in [0.15, 0.2) is 23.7 Å². The number of hydrogen-bond donors (Lipinski definition) is 1. The molecule has 0 saturated carbocycles. The van der Waals surface area contributed by atoms with Gasteiger partial charge in [-0.1, -0.05) is 0 Å². The van der Waals surface area contributed by atoms with Crippen molar-refractivity contribution in [3.8, 4) is 0 Å². The van der Waals surface area contributed by atoms with Crippen molar-refractivity contribution in [3.05, 3.63) is 29.3 Å². The SMILES string of the molecule is O=C(NC1CCN(C2CCSCC2)CC1)c1ccc2ncsc2c1. The van der Waals surface area contributed by atoms with Gasteiger partial charge in [-0.15, -0.1) is 11.3 Å². The lowest BCUT2D eigenvalue weighted by molar-refractivity contribution is 0.0886. The van der Waals surface area contributed by atoms with Crippen LogP contribution in [0.4, 0.5) is 0 Å². The van der Waals surface area contributed by atoms with E-state index in [1.807, 2.05) is 23.7 Å². The van der Waals surface area contributed by atoms with Crippen molar-refractivity contribution in [3.63, 3.8) is 0 Å². The van der Waals surface area contributed by atoms with Crippen molar-refractivity contribution in [1.82, 2.24) is 15.2 Å². The zero-order valence-electron chi connectivity index (χ0n) is 13.7. The van der Waals surface area contributed by atoms with Crippen LogP contribution in [0.2, 0.25) is 0 Å². The number of fused-ring (bicyclic) bond motifs is 1. The number of benzene rings is 1. The van der Waals surface area contributed by atoms with E-state index in [1.165, 1.54) is 24.3 Å². The van der Waals surface area contributed by atoms with E-state index in [9.17, 15) is 4.79 Å². The molecule has 2 aliphatic heterocycles. The first-order valence-electron chi connectivity index (χ1n) is 8.75. The zero-order chi connectivity index (χ0) is 16.4. The van der Waals surface area contributed by atoms with Crippen molar-refractivity contribution in [1.29, 1.82) is 0 Å². The molecule has 0 atom stereocenters. The summed E-state index contributed by atoms with van der Waals surface area (Å²) in [5.74, 6) is 2.67. The monoisotopic (exact) mass is 361 g/mol. The second-order valence-electron chi connectivity index (χ2n) is 6.66. The average Bonchev–Trinajstić information content (AvgIpc) is 3.11. The average molecular weight is 362 g/mol. The molecule has 6 heteroatoms. The molecule has 0 aliphatic carbocycles. The summed E-state index contributed by atoms with van der Waals surface area (Å²) in [6.45, 7) is 2.24. The molecule has 0 unspecified atom stereocenters. The van der Waals surface area contributed by atoms with Crippen molar-refractivity contribution >= 4 is 39.2 Å². The van der Waals surface area contributed by atoms with Gasteiger partial charge in [0.1, 0.15) is 0 Å². The van der Waals surface area contributed by atoms with Crippen LogP contribution < -0.4 is 5.32 Å². The Kier molecular flexibility index (Phi) is 5.06. The van der Waals surface area contributed by atoms with E-state index < -0.39 is 0 Å². The van der Waals surface area contributed by atoms with Gasteiger partial charge in [0, 0.05) is 30.7 Å². The first-order chi connectivity index (χ1) is 11.8. The van der Waals surface area contributed by atoms with E-state index in [4.69, 9.17) is 0 Å². The maximum Gasteiger partial charge on any atom is 0.251 e. The summed E-state index contributed by atoms with van der Waals surface area (Å²) in [5, 5.41) is 3.23. The molecule has 2 saturated heterocycles. The number of rotatable bonds is 3. The molecule has 2 aliphatic rings. The minimum absolute atomic E-state index is 0.0535. The summed E-state index contributed by atoms with van der Waals surface area (Å²) < 4.78 is 1.08. The quantitative estimate of drug-likeness (QED) is 0.910. The summed E-state index contributed by atoms with van der Waals surface area (Å²) in [6, 6.07) is 6.86. The number of thiazole rings is 1. The lowest BCUT2D eigenvalue weighted by Crippen LogP contribution is -2.48. The lowest BCUT2D eigenvalue weighted by Gasteiger charge is -2.39. The smallest absolute Gasteiger partial charge is 0.251 e. The van der Waals surface area contributed by atoms with Crippen molar-refractivity contribution < 1.29 is 4.79 Å². The van der Waals surface area contributed by atoms with Crippen LogP contribution in [0.5, 0.6) is 0 Å². The van der Waals surface area contributed by atoms with Gasteiger partial charge in [-0.05, 0) is 55.4 Å². The third kappa shape index (κ3) is 3.60. The van der Waals surface area contributed by atoms with Gasteiger partial charge < -0.3 is 10.2 Å². The van der Waals surface area contributed by atoms with E-state index in [0.29, 0.717) is 6.04 Å². The van der Waals surface area contributed by atoms with E-state index >= 15 is 0 Å². The predicted molar refractivity (Wildman–Crippen MR) is 102 cm³/mol. The highest BCUT2D eigenvalue weighted by Gasteiger charge is 2.27. The van der Waals surface area contributed by atoms with E-state index in [1.54, 1.807) is 11.3 Å². The highest BCUT2D eigenvalue weighted by Crippen LogP contribution is 2.25. The minimum atomic E-state index is 0.0535. The number of aromatic nitrogens is 1. The maximum atomic E-state index is 12.5. The van der Waals surface area contributed by atoms with Crippen LogP contribution in [0, 0.1) is 0 Å². The summed E-state index contributed by atoms with van der Waals surface area (Å²) in [5.41, 5.74) is 3.54. The van der Waals surface area contributed by atoms with E-state index in [-0.39, 0.29) is 5.91 Å². The first-order valence-corrected chi connectivity index (χ1v) is 10.8. The molecule has 1 aromatic carbocycles. The standard InChI is InChI=1S/C18H23N3OS2/c22-18(13-1-2-16-17(11-13)24-12-19-16)20-14-3-7-21(8-4-14)15-5-9-23-10-6-15/h1-2,11-12,14-15H,3-10H2,(H,20,22). The number of carbonyl (C=O) groups is 1. The fraction of sp³-hybridized carbons (Fsp3) is 0.556. The van der Waals surface area contributed by atoms with Crippen molar-refractivity contribution in [2.45, 2.75) is 37.8 Å². The molecule has 1 amide bonds. The summed E-state index contributed by atoms with van der Waals surface area (Å²) in [7, 11) is 0. The Hall–Kier alpha value is -1.11. The van der Waals surface area contributed by atoms with Gasteiger partial charge in [0.2, 0.25) is 0 Å². The molecule has 128 valence electrons. The molecule has 1 N–H and O–H groups in total. The number of nitrogens with zero attached hydrogens (tertiary/aromatic N) is 2. The van der Waals surface area contributed by atoms with Crippen LogP contribution in [-0.2, 0) is 0 Å². The molecule has 2 fully saturated rings. The van der Waals surface area contributed by atoms with Crippen LogP contribution in [-0.4, -0.2) is 52.5 Å². The Balaban J connectivity index is 1.32. The van der Waals surface area contributed by atoms with E-state index in [2.05, 4.69) is 27.0 Å². The second kappa shape index (κ2) is 7.42. The fourth-order valence-corrected chi connectivity index (χ4v) is 5.52. The molecule has 3 heterocycles. The van der Waals surface area contributed by atoms with Gasteiger partial charge in [0.15, 0.2) is 0 Å². The van der Waals surface area contributed by atoms with Crippen LogP contribution in [0.25, 0.3) is 10.2 Å². The molecule has 2 aromatic rings. The zero-order valence-corrected chi connectivity index (χ0v) is 15.4. The van der Waals surface area contributed by atoms with Gasteiger partial charge >= 0.3 is 0 Å². The summed E-state index contributed by atoms with van der Waals surface area (Å²) >= 11 is 3.66. The number of hydrogen-bond acceptors (Lipinski definition) is 5. The Bertz CT molecular complexity index is 703. The second-order valence-corrected chi connectivity index (χ2v) is 8.77. The van der Waals surface area contributed by atoms with Crippen molar-refractivity contribution in [2.75, 3.05) is 24.6 Å². The number of thioether (sulfide) groups is 1. The summed E-state index contributed by atoms with van der Waals surface area (Å²) in [4.78, 5) is 19.4. The Morgan fingerprint density at radius 1 is 1.17 bits per heavy atom. The van der Waals surface area contributed by atoms with Crippen LogP contribution >= 0.6 is 23.1 Å². The molecule has 1 aromatic heterocycles. The highest BCUT2D eigenvalue weighted by atomic mass is 32.2. The molecular weight excluding hydrogens is 338 g/mol. The van der Waals surface area contributed by atoms with Gasteiger partial charge in [-0.2, -0.15) is 11.8 Å². The topological polar surface area (TPSA) is 45.2 Å². The molecular formula is C18H23N3OS2. The van der Waals surface area contributed by atoms with Crippen molar-refractivity contribution in [2.24, 2.45) is 0 Å². The molecule has 0 spiro atoms. The third-order valence-electron chi connectivity index (χ3n) is 5.17. The maximum absolute atomic E-state index is 12.5. The Morgan fingerprint density at radius 2 is 1.96 bits per heavy atom. The number of nitrogens with one attached hydrogen (secondary N) is 1. The lowest BCUT2D eigenvalue weighted by atomic mass is 10.0. The van der Waals surface area contributed by atoms with Crippen LogP contribution in [0.3, 0.4) is 0 Å². The number of likely N-dealkylation sites (tertiary alicyclic amines) is 1. The molecule has 4 nitrogen and oxygen atoms in total. The number of amides is 1. The highest BCUT2D eigenvalue weighted by molar-refractivity contribution is 7.99. The molecule has 0 bridgehead atoms. The summed E-state index contributed by atoms with van der Waals surface area (Å²) in [6.07, 6.45) is 4.80. The first kappa shape index (κ1) is 16.4.